The first-order valence-electron chi connectivity index (χ1n) is 7.74. The molecule has 0 saturated heterocycles. The Morgan fingerprint density at radius 3 is 2.42 bits per heavy atom. The fraction of sp³-hybridized carbons (Fsp3) is 0.562. The lowest BCUT2D eigenvalue weighted by molar-refractivity contribution is -0.0961. The summed E-state index contributed by atoms with van der Waals surface area (Å²) in [6.07, 6.45) is -0.978. The third-order valence-electron chi connectivity index (χ3n) is 4.33. The summed E-state index contributed by atoms with van der Waals surface area (Å²) in [5, 5.41) is 18.6. The zero-order chi connectivity index (χ0) is 17.9. The first-order valence-corrected chi connectivity index (χ1v) is 7.74. The number of nitrogens with zero attached hydrogens (tertiary/aromatic N) is 3. The second-order valence-corrected chi connectivity index (χ2v) is 7.62. The van der Waals surface area contributed by atoms with Crippen LogP contribution in [0, 0.1) is 0 Å². The molecule has 2 atom stereocenters. The number of aromatic nitrogens is 2. The molecular weight excluding hydrogens is 312 g/mol. The number of benzene rings is 1. The normalized spacial score (nSPS) is 22.8. The molecule has 0 spiro atoms. The number of aliphatic hydroxyl groups is 1. The molecule has 1 aromatic carbocycles. The lowest BCUT2D eigenvalue weighted by Gasteiger charge is -2.49. The predicted molar refractivity (Wildman–Crippen MR) is 86.4 cm³/mol. The number of carbonyl (C=O) groups is 1. The van der Waals surface area contributed by atoms with Gasteiger partial charge in [-0.15, -0.1) is 0 Å². The molecule has 3 rings (SSSR count). The number of fused-ring (bicyclic) bond motifs is 2. The van der Waals surface area contributed by atoms with Gasteiger partial charge in [-0.05, 0) is 51.0 Å². The average Bonchev–Trinajstić information content (AvgIpc) is 2.86. The van der Waals surface area contributed by atoms with Crippen LogP contribution in [0.3, 0.4) is 0 Å². The SMILES string of the molecule is CC1(C)Oc2cc3nonc3cc2C(N(C(N)=O)C(C)(C)C)C1O. The van der Waals surface area contributed by atoms with E-state index in [0.29, 0.717) is 22.3 Å². The Bertz CT molecular complexity index is 793. The van der Waals surface area contributed by atoms with E-state index in [9.17, 15) is 9.90 Å². The van der Waals surface area contributed by atoms with Crippen molar-refractivity contribution in [1.82, 2.24) is 15.2 Å². The Balaban J connectivity index is 2.25. The summed E-state index contributed by atoms with van der Waals surface area (Å²) in [7, 11) is 0. The van der Waals surface area contributed by atoms with Gasteiger partial charge in [0.15, 0.2) is 0 Å². The third kappa shape index (κ3) is 2.47. The van der Waals surface area contributed by atoms with Crippen LogP contribution in [-0.2, 0) is 0 Å². The lowest BCUT2D eigenvalue weighted by atomic mass is 9.83. The van der Waals surface area contributed by atoms with Crippen LogP contribution in [0.25, 0.3) is 11.0 Å². The van der Waals surface area contributed by atoms with Crippen molar-refractivity contribution in [2.75, 3.05) is 0 Å². The third-order valence-corrected chi connectivity index (χ3v) is 4.33. The fourth-order valence-electron chi connectivity index (χ4n) is 3.21. The second kappa shape index (κ2) is 5.07. The van der Waals surface area contributed by atoms with Crippen LogP contribution < -0.4 is 10.5 Å². The molecular formula is C16H22N4O4. The molecule has 1 aromatic heterocycles. The molecule has 0 saturated carbocycles. The van der Waals surface area contributed by atoms with Gasteiger partial charge >= 0.3 is 6.03 Å². The van der Waals surface area contributed by atoms with E-state index in [2.05, 4.69) is 10.3 Å². The van der Waals surface area contributed by atoms with Gasteiger partial charge in [0.25, 0.3) is 0 Å². The highest BCUT2D eigenvalue weighted by molar-refractivity contribution is 5.78. The smallest absolute Gasteiger partial charge is 0.315 e. The fourth-order valence-corrected chi connectivity index (χ4v) is 3.21. The number of rotatable bonds is 1. The predicted octanol–water partition coefficient (Wildman–Crippen LogP) is 1.98. The van der Waals surface area contributed by atoms with E-state index in [-0.39, 0.29) is 0 Å². The summed E-state index contributed by atoms with van der Waals surface area (Å²) in [4.78, 5) is 13.6. The van der Waals surface area contributed by atoms with Crippen molar-refractivity contribution in [2.24, 2.45) is 5.73 Å². The van der Waals surface area contributed by atoms with E-state index in [4.69, 9.17) is 15.1 Å². The Hall–Kier alpha value is -2.35. The second-order valence-electron chi connectivity index (χ2n) is 7.62. The largest absolute Gasteiger partial charge is 0.485 e. The average molecular weight is 334 g/mol. The van der Waals surface area contributed by atoms with Gasteiger partial charge in [-0.25, -0.2) is 9.42 Å². The standard InChI is InChI=1S/C16H22N4O4/c1-15(2,3)20(14(17)22)12-8-6-9-10(19-24-18-9)7-11(8)23-16(4,5)13(12)21/h6-7,12-13,21H,1-5H3,(H2,17,22). The molecule has 2 aromatic rings. The van der Waals surface area contributed by atoms with E-state index in [1.165, 1.54) is 4.90 Å². The molecule has 0 fully saturated rings. The van der Waals surface area contributed by atoms with Gasteiger partial charge in [0.05, 0.1) is 6.04 Å². The molecule has 0 aliphatic carbocycles. The van der Waals surface area contributed by atoms with Crippen molar-refractivity contribution in [3.63, 3.8) is 0 Å². The highest BCUT2D eigenvalue weighted by Gasteiger charge is 2.49. The monoisotopic (exact) mass is 334 g/mol. The van der Waals surface area contributed by atoms with Crippen LogP contribution in [0.4, 0.5) is 4.79 Å². The van der Waals surface area contributed by atoms with Crippen LogP contribution in [0.2, 0.25) is 0 Å². The van der Waals surface area contributed by atoms with Gasteiger partial charge in [0, 0.05) is 17.2 Å². The molecule has 1 aliphatic rings. The number of urea groups is 1. The van der Waals surface area contributed by atoms with Crippen molar-refractivity contribution in [1.29, 1.82) is 0 Å². The Morgan fingerprint density at radius 2 is 1.88 bits per heavy atom. The number of carbonyl (C=O) groups excluding carboxylic acids is 1. The van der Waals surface area contributed by atoms with Crippen LogP contribution in [-0.4, -0.2) is 43.6 Å². The minimum Gasteiger partial charge on any atom is -0.485 e. The summed E-state index contributed by atoms with van der Waals surface area (Å²) in [5.41, 5.74) is 5.82. The molecule has 2 unspecified atom stereocenters. The van der Waals surface area contributed by atoms with E-state index >= 15 is 0 Å². The maximum absolute atomic E-state index is 12.2. The highest BCUT2D eigenvalue weighted by atomic mass is 16.6. The van der Waals surface area contributed by atoms with Crippen LogP contribution in [0.1, 0.15) is 46.2 Å². The van der Waals surface area contributed by atoms with E-state index in [1.807, 2.05) is 20.8 Å². The zero-order valence-electron chi connectivity index (χ0n) is 14.4. The minimum atomic E-state index is -0.978. The Kier molecular flexibility index (Phi) is 3.49. The maximum atomic E-state index is 12.2. The van der Waals surface area contributed by atoms with Gasteiger partial charge in [0.1, 0.15) is 28.5 Å². The van der Waals surface area contributed by atoms with Crippen molar-refractivity contribution < 1.29 is 19.3 Å². The topological polar surface area (TPSA) is 115 Å². The Morgan fingerprint density at radius 1 is 1.29 bits per heavy atom. The molecule has 2 amide bonds. The van der Waals surface area contributed by atoms with Crippen LogP contribution >= 0.6 is 0 Å². The molecule has 0 bridgehead atoms. The molecule has 0 radical (unpaired) electrons. The summed E-state index contributed by atoms with van der Waals surface area (Å²) in [5.74, 6) is 0.522. The Labute approximate surface area is 139 Å². The summed E-state index contributed by atoms with van der Waals surface area (Å²) >= 11 is 0. The van der Waals surface area contributed by atoms with E-state index < -0.39 is 29.3 Å². The van der Waals surface area contributed by atoms with Gasteiger partial charge < -0.3 is 20.5 Å². The van der Waals surface area contributed by atoms with Crippen LogP contribution in [0.5, 0.6) is 5.75 Å². The van der Waals surface area contributed by atoms with Crippen molar-refractivity contribution >= 4 is 17.1 Å². The first-order chi connectivity index (χ1) is 11.0. The molecule has 24 heavy (non-hydrogen) atoms. The lowest BCUT2D eigenvalue weighted by Crippen LogP contribution is -2.60. The molecule has 8 heteroatoms. The molecule has 8 nitrogen and oxygen atoms in total. The first kappa shape index (κ1) is 16.5. The number of primary amides is 1. The summed E-state index contributed by atoms with van der Waals surface area (Å²) in [6, 6.07) is 2.12. The van der Waals surface area contributed by atoms with Crippen molar-refractivity contribution in [3.8, 4) is 5.75 Å². The maximum Gasteiger partial charge on any atom is 0.315 e. The highest BCUT2D eigenvalue weighted by Crippen LogP contribution is 2.45. The van der Waals surface area contributed by atoms with Crippen molar-refractivity contribution in [2.45, 2.75) is 57.9 Å². The van der Waals surface area contributed by atoms with E-state index in [0.717, 1.165) is 0 Å². The summed E-state index contributed by atoms with van der Waals surface area (Å²) < 4.78 is 10.7. The minimum absolute atomic E-state index is 0.521. The molecule has 130 valence electrons. The van der Waals surface area contributed by atoms with Crippen LogP contribution in [0.15, 0.2) is 16.8 Å². The number of nitrogens with two attached hydrogens (primary N) is 1. The molecule has 2 heterocycles. The number of hydrogen-bond donors (Lipinski definition) is 2. The van der Waals surface area contributed by atoms with E-state index in [1.54, 1.807) is 26.0 Å². The number of aliphatic hydroxyl groups excluding tert-OH is 1. The van der Waals surface area contributed by atoms with Gasteiger partial charge in [-0.1, -0.05) is 0 Å². The number of amides is 2. The summed E-state index contributed by atoms with van der Waals surface area (Å²) in [6.45, 7) is 9.12. The quantitative estimate of drug-likeness (QED) is 0.824. The van der Waals surface area contributed by atoms with Gasteiger partial charge in [-0.3, -0.25) is 0 Å². The van der Waals surface area contributed by atoms with Crippen molar-refractivity contribution in [3.05, 3.63) is 17.7 Å². The molecule has 3 N–H and O–H groups in total. The zero-order valence-corrected chi connectivity index (χ0v) is 14.4. The van der Waals surface area contributed by atoms with Gasteiger partial charge in [-0.2, -0.15) is 0 Å². The van der Waals surface area contributed by atoms with Gasteiger partial charge in [0.2, 0.25) is 0 Å². The number of ether oxygens (including phenoxy) is 1. The molecule has 1 aliphatic heterocycles. The number of hydrogen-bond acceptors (Lipinski definition) is 6.